The number of thiocarbonyl (C=S) groups is 1. The summed E-state index contributed by atoms with van der Waals surface area (Å²) in [7, 11) is 0. The second kappa shape index (κ2) is 3.39. The molecule has 1 N–H and O–H groups in total. The van der Waals surface area contributed by atoms with Crippen LogP contribution in [0.25, 0.3) is 0 Å². The second-order valence-electron chi connectivity index (χ2n) is 1.99. The van der Waals surface area contributed by atoms with Gasteiger partial charge < -0.3 is 5.32 Å². The van der Waals surface area contributed by atoms with E-state index < -0.39 is 0 Å². The van der Waals surface area contributed by atoms with Gasteiger partial charge >= 0.3 is 0 Å². The summed E-state index contributed by atoms with van der Waals surface area (Å²) in [4.78, 5) is 0. The molecule has 2 nitrogen and oxygen atoms in total. The molecule has 0 amide bonds. The van der Waals surface area contributed by atoms with Crippen LogP contribution >= 0.6 is 24.8 Å². The maximum atomic E-state index is 4.61. The predicted molar refractivity (Wildman–Crippen MR) is 45.0 cm³/mol. The van der Waals surface area contributed by atoms with Crippen LogP contribution in [-0.2, 0) is 0 Å². The number of hydrogen-bond donors (Lipinski definition) is 2. The van der Waals surface area contributed by atoms with Crippen molar-refractivity contribution in [2.45, 2.75) is 17.8 Å². The van der Waals surface area contributed by atoms with Crippen LogP contribution in [-0.4, -0.2) is 23.5 Å². The van der Waals surface area contributed by atoms with E-state index in [0.717, 1.165) is 13.0 Å². The zero-order valence-electron chi connectivity index (χ0n) is 4.95. The Bertz CT molecular complexity index is 107. The molecule has 1 aliphatic heterocycles. The van der Waals surface area contributed by atoms with Gasteiger partial charge in [0.15, 0.2) is 0 Å². The van der Waals surface area contributed by atoms with Gasteiger partial charge in [-0.1, -0.05) is 12.2 Å². The third-order valence-corrected chi connectivity index (χ3v) is 2.03. The van der Waals surface area contributed by atoms with Crippen LogP contribution in [0.2, 0.25) is 0 Å². The summed E-state index contributed by atoms with van der Waals surface area (Å²) in [5, 5.41) is 7.51. The number of rotatable bonds is 2. The van der Waals surface area contributed by atoms with Gasteiger partial charge in [0.1, 0.15) is 6.17 Å². The molecule has 1 saturated heterocycles. The summed E-state index contributed by atoms with van der Waals surface area (Å²) in [6.07, 6.45) is 1.22. The molecule has 1 fully saturated rings. The molecule has 1 rings (SSSR count). The molecule has 0 aromatic carbocycles. The maximum absolute atomic E-state index is 4.61. The van der Waals surface area contributed by atoms with Crippen LogP contribution in [0.4, 0.5) is 0 Å². The Hall–Kier alpha value is 0.200. The van der Waals surface area contributed by atoms with E-state index in [9.17, 15) is 0 Å². The summed E-state index contributed by atoms with van der Waals surface area (Å²) < 4.78 is 0. The van der Waals surface area contributed by atoms with E-state index in [0.29, 0.717) is 5.25 Å². The van der Waals surface area contributed by atoms with E-state index in [1.165, 1.54) is 5.49 Å². The van der Waals surface area contributed by atoms with E-state index in [2.05, 4.69) is 35.5 Å². The zero-order valence-corrected chi connectivity index (χ0v) is 6.66. The van der Waals surface area contributed by atoms with Gasteiger partial charge in [-0.2, -0.15) is 12.6 Å². The molecular formula is C5H9N2S2. The monoisotopic (exact) mass is 161 g/mol. The van der Waals surface area contributed by atoms with Gasteiger partial charge in [0.25, 0.3) is 0 Å². The molecule has 0 saturated carbocycles. The summed E-state index contributed by atoms with van der Waals surface area (Å²) in [5.74, 6) is 0. The van der Waals surface area contributed by atoms with Crippen molar-refractivity contribution in [2.24, 2.45) is 0 Å². The van der Waals surface area contributed by atoms with Crippen LogP contribution in [0.5, 0.6) is 0 Å². The average Bonchev–Trinajstić information content (AvgIpc) is 2.18. The molecular weight excluding hydrogens is 152 g/mol. The van der Waals surface area contributed by atoms with Gasteiger partial charge in [-0.25, -0.2) is 5.32 Å². The summed E-state index contributed by atoms with van der Waals surface area (Å²) in [5.41, 5.74) is 1.50. The first kappa shape index (κ1) is 7.31. The fraction of sp³-hybridized carbons (Fsp3) is 0.800. The third-order valence-electron chi connectivity index (χ3n) is 1.35. The molecule has 1 radical (unpaired) electrons. The van der Waals surface area contributed by atoms with Gasteiger partial charge in [0.05, 0.1) is 5.49 Å². The summed E-state index contributed by atoms with van der Waals surface area (Å²) in [6.45, 7) is 0.912. The van der Waals surface area contributed by atoms with Crippen LogP contribution in [0, 0.1) is 0 Å². The Morgan fingerprint density at radius 2 is 2.56 bits per heavy atom. The van der Waals surface area contributed by atoms with Crippen molar-refractivity contribution in [2.75, 3.05) is 6.54 Å². The molecule has 51 valence electrons. The average molecular weight is 161 g/mol. The van der Waals surface area contributed by atoms with Crippen molar-refractivity contribution in [3.63, 3.8) is 0 Å². The van der Waals surface area contributed by atoms with Crippen molar-refractivity contribution in [3.05, 3.63) is 0 Å². The fourth-order valence-corrected chi connectivity index (χ4v) is 1.29. The SMILES string of the molecule is S=CNC1[N]CCC1S. The molecule has 0 aliphatic carbocycles. The highest BCUT2D eigenvalue weighted by atomic mass is 32.1. The molecule has 2 atom stereocenters. The standard InChI is InChI=1S/C5H9N2S2/c8-3-7-5-4(9)1-2-6-5/h3-5,9H,1-2H2,(H,7,8). The quantitative estimate of drug-likeness (QED) is 0.446. The molecule has 0 aromatic rings. The van der Waals surface area contributed by atoms with Crippen LogP contribution in [0.1, 0.15) is 6.42 Å². The molecule has 0 aromatic heterocycles. The zero-order chi connectivity index (χ0) is 6.69. The Balaban J connectivity index is 2.30. The Labute approximate surface area is 65.8 Å². The first-order valence-corrected chi connectivity index (χ1v) is 3.88. The smallest absolute Gasteiger partial charge is 0.105 e. The minimum Gasteiger partial charge on any atom is -0.365 e. The minimum absolute atomic E-state index is 0.158. The van der Waals surface area contributed by atoms with E-state index in [1.807, 2.05) is 0 Å². The lowest BCUT2D eigenvalue weighted by Gasteiger charge is -2.11. The summed E-state index contributed by atoms with van der Waals surface area (Å²) in [6, 6.07) is 0. The van der Waals surface area contributed by atoms with E-state index in [1.54, 1.807) is 0 Å². The molecule has 2 unspecified atom stereocenters. The topological polar surface area (TPSA) is 26.1 Å². The molecule has 1 heterocycles. The largest absolute Gasteiger partial charge is 0.365 e. The normalized spacial score (nSPS) is 34.3. The lowest BCUT2D eigenvalue weighted by Crippen LogP contribution is -2.37. The highest BCUT2D eigenvalue weighted by molar-refractivity contribution is 7.81. The maximum Gasteiger partial charge on any atom is 0.105 e. The highest BCUT2D eigenvalue weighted by Gasteiger charge is 2.23. The molecule has 9 heavy (non-hydrogen) atoms. The Morgan fingerprint density at radius 1 is 1.78 bits per heavy atom. The second-order valence-corrected chi connectivity index (χ2v) is 2.89. The molecule has 4 heteroatoms. The lowest BCUT2D eigenvalue weighted by atomic mass is 10.3. The van der Waals surface area contributed by atoms with Crippen molar-refractivity contribution in [1.29, 1.82) is 0 Å². The summed E-state index contributed by atoms with van der Waals surface area (Å²) >= 11 is 8.91. The van der Waals surface area contributed by atoms with Crippen LogP contribution < -0.4 is 10.6 Å². The van der Waals surface area contributed by atoms with Gasteiger partial charge in [0.2, 0.25) is 0 Å². The first-order chi connectivity index (χ1) is 4.34. The van der Waals surface area contributed by atoms with E-state index in [-0.39, 0.29) is 6.17 Å². The van der Waals surface area contributed by atoms with Crippen molar-refractivity contribution < 1.29 is 0 Å². The molecule has 0 bridgehead atoms. The van der Waals surface area contributed by atoms with Crippen molar-refractivity contribution >= 4 is 30.3 Å². The highest BCUT2D eigenvalue weighted by Crippen LogP contribution is 2.11. The van der Waals surface area contributed by atoms with Gasteiger partial charge in [-0.3, -0.25) is 0 Å². The van der Waals surface area contributed by atoms with Crippen molar-refractivity contribution in [3.8, 4) is 0 Å². The van der Waals surface area contributed by atoms with Crippen molar-refractivity contribution in [1.82, 2.24) is 10.6 Å². The van der Waals surface area contributed by atoms with Crippen LogP contribution in [0.15, 0.2) is 0 Å². The lowest BCUT2D eigenvalue weighted by molar-refractivity contribution is 0.580. The number of hydrogen-bond acceptors (Lipinski definition) is 2. The molecule has 1 aliphatic rings. The van der Waals surface area contributed by atoms with E-state index in [4.69, 9.17) is 0 Å². The van der Waals surface area contributed by atoms with Crippen LogP contribution in [0.3, 0.4) is 0 Å². The number of nitrogens with zero attached hydrogens (tertiary/aromatic N) is 1. The Morgan fingerprint density at radius 3 is 3.00 bits per heavy atom. The van der Waals surface area contributed by atoms with Gasteiger partial charge in [0, 0.05) is 11.8 Å². The first-order valence-electron chi connectivity index (χ1n) is 2.89. The number of thiol groups is 1. The fourth-order valence-electron chi connectivity index (χ4n) is 0.859. The van der Waals surface area contributed by atoms with Gasteiger partial charge in [-0.15, -0.1) is 0 Å². The molecule has 0 spiro atoms. The minimum atomic E-state index is 0.158. The van der Waals surface area contributed by atoms with Gasteiger partial charge in [-0.05, 0) is 6.42 Å². The van der Waals surface area contributed by atoms with E-state index >= 15 is 0 Å². The predicted octanol–water partition coefficient (Wildman–Crippen LogP) is 0.166. The third kappa shape index (κ3) is 1.81. The Kier molecular flexibility index (Phi) is 2.75. The number of nitrogens with one attached hydrogen (secondary N) is 1.